The largest absolute Gasteiger partial charge is 0.320 e. The molecule has 1 amide bonds. The van der Waals surface area contributed by atoms with Gasteiger partial charge >= 0.3 is 0 Å². The Hall–Kier alpha value is -2.18. The molecule has 0 aliphatic rings. The van der Waals surface area contributed by atoms with Crippen molar-refractivity contribution in [3.63, 3.8) is 0 Å². The van der Waals surface area contributed by atoms with Gasteiger partial charge in [-0.2, -0.15) is 0 Å². The van der Waals surface area contributed by atoms with Gasteiger partial charge in [0.25, 0.3) is 5.91 Å². The first kappa shape index (κ1) is 18.2. The minimum absolute atomic E-state index is 0.00479. The van der Waals surface area contributed by atoms with E-state index in [0.717, 1.165) is 20.8 Å². The summed E-state index contributed by atoms with van der Waals surface area (Å²) in [6.45, 7) is 0. The number of halogens is 3. The van der Waals surface area contributed by atoms with Crippen molar-refractivity contribution in [1.29, 1.82) is 0 Å². The quantitative estimate of drug-likeness (QED) is 0.396. The first-order chi connectivity index (χ1) is 13.0. The van der Waals surface area contributed by atoms with E-state index in [2.05, 4.69) is 15.3 Å². The molecule has 0 radical (unpaired) electrons. The highest BCUT2D eigenvalue weighted by Gasteiger charge is 2.19. The third kappa shape index (κ3) is 3.51. The summed E-state index contributed by atoms with van der Waals surface area (Å²) in [7, 11) is 0. The molecule has 2 aromatic carbocycles. The van der Waals surface area contributed by atoms with Crippen LogP contribution in [0.2, 0.25) is 15.1 Å². The molecule has 27 heavy (non-hydrogen) atoms. The van der Waals surface area contributed by atoms with Crippen molar-refractivity contribution < 1.29 is 4.79 Å². The molecule has 0 unspecified atom stereocenters. The number of thiazole rings is 1. The van der Waals surface area contributed by atoms with Gasteiger partial charge in [-0.25, -0.2) is 9.97 Å². The molecule has 4 nitrogen and oxygen atoms in total. The molecule has 134 valence electrons. The maximum atomic E-state index is 12.7. The minimum atomic E-state index is -0.480. The van der Waals surface area contributed by atoms with E-state index in [0.29, 0.717) is 5.69 Å². The first-order valence-electron chi connectivity index (χ1n) is 7.80. The van der Waals surface area contributed by atoms with Gasteiger partial charge in [0.15, 0.2) is 0 Å². The lowest BCUT2D eigenvalue weighted by Crippen LogP contribution is -2.15. The third-order valence-electron chi connectivity index (χ3n) is 3.83. The normalized spacial score (nSPS) is 10.9. The summed E-state index contributed by atoms with van der Waals surface area (Å²) in [5.41, 5.74) is 2.33. The predicted molar refractivity (Wildman–Crippen MR) is 112 cm³/mol. The van der Waals surface area contributed by atoms with Gasteiger partial charge in [-0.1, -0.05) is 59.1 Å². The van der Waals surface area contributed by atoms with Gasteiger partial charge in [0.1, 0.15) is 10.7 Å². The second-order valence-electron chi connectivity index (χ2n) is 5.57. The SMILES string of the molecule is O=C(Nc1ccccc1-c1nc2ccccc2s1)c1ncc(Cl)c(Cl)c1Cl. The van der Waals surface area contributed by atoms with E-state index in [1.807, 2.05) is 42.5 Å². The second-order valence-corrected chi connectivity index (χ2v) is 7.76. The van der Waals surface area contributed by atoms with Crippen LogP contribution in [-0.2, 0) is 0 Å². The number of hydrogen-bond donors (Lipinski definition) is 1. The van der Waals surface area contributed by atoms with Crippen LogP contribution in [-0.4, -0.2) is 15.9 Å². The lowest BCUT2D eigenvalue weighted by molar-refractivity contribution is 0.102. The zero-order chi connectivity index (χ0) is 19.0. The smallest absolute Gasteiger partial charge is 0.275 e. The van der Waals surface area contributed by atoms with Gasteiger partial charge in [-0.3, -0.25) is 4.79 Å². The first-order valence-corrected chi connectivity index (χ1v) is 9.75. The van der Waals surface area contributed by atoms with Gasteiger partial charge in [-0.15, -0.1) is 11.3 Å². The summed E-state index contributed by atoms with van der Waals surface area (Å²) in [5, 5.41) is 3.94. The van der Waals surface area contributed by atoms with Crippen LogP contribution in [0.1, 0.15) is 10.5 Å². The third-order valence-corrected chi connectivity index (χ3v) is 6.14. The van der Waals surface area contributed by atoms with E-state index < -0.39 is 5.91 Å². The molecule has 0 spiro atoms. The topological polar surface area (TPSA) is 54.9 Å². The molecule has 4 aromatic rings. The Bertz CT molecular complexity index is 1140. The van der Waals surface area contributed by atoms with Crippen LogP contribution in [0.25, 0.3) is 20.8 Å². The maximum absolute atomic E-state index is 12.7. The number of amides is 1. The van der Waals surface area contributed by atoms with Crippen molar-refractivity contribution >= 4 is 68.0 Å². The maximum Gasteiger partial charge on any atom is 0.275 e. The van der Waals surface area contributed by atoms with E-state index in [-0.39, 0.29) is 20.8 Å². The molecule has 0 atom stereocenters. The number of fused-ring (bicyclic) bond motifs is 1. The molecule has 0 saturated heterocycles. The van der Waals surface area contributed by atoms with E-state index in [9.17, 15) is 4.79 Å². The van der Waals surface area contributed by atoms with E-state index in [1.54, 1.807) is 17.4 Å². The van der Waals surface area contributed by atoms with Crippen LogP contribution in [0, 0.1) is 0 Å². The van der Waals surface area contributed by atoms with Crippen LogP contribution in [0.3, 0.4) is 0 Å². The van der Waals surface area contributed by atoms with Gasteiger partial charge in [0, 0.05) is 11.8 Å². The Labute approximate surface area is 173 Å². The summed E-state index contributed by atoms with van der Waals surface area (Å²) in [6.07, 6.45) is 1.30. The number of para-hydroxylation sites is 2. The summed E-state index contributed by atoms with van der Waals surface area (Å²) < 4.78 is 1.07. The Morgan fingerprint density at radius 1 is 0.963 bits per heavy atom. The highest BCUT2D eigenvalue weighted by Crippen LogP contribution is 2.35. The number of anilines is 1. The number of rotatable bonds is 3. The van der Waals surface area contributed by atoms with Crippen LogP contribution < -0.4 is 5.32 Å². The number of pyridine rings is 1. The standard InChI is InChI=1S/C19H10Cl3N3OS/c20-11-9-23-17(16(22)15(11)21)18(26)24-12-6-2-1-5-10(12)19-25-13-7-3-4-8-14(13)27-19/h1-9H,(H,24,26). The van der Waals surface area contributed by atoms with Crippen molar-refractivity contribution in [1.82, 2.24) is 9.97 Å². The average molecular weight is 435 g/mol. The Balaban J connectivity index is 1.71. The summed E-state index contributed by atoms with van der Waals surface area (Å²) in [4.78, 5) is 21.3. The van der Waals surface area contributed by atoms with Crippen molar-refractivity contribution in [3.05, 3.63) is 75.5 Å². The number of benzene rings is 2. The van der Waals surface area contributed by atoms with E-state index >= 15 is 0 Å². The van der Waals surface area contributed by atoms with Crippen LogP contribution in [0.5, 0.6) is 0 Å². The fraction of sp³-hybridized carbons (Fsp3) is 0. The molecule has 0 aliphatic heterocycles. The fourth-order valence-electron chi connectivity index (χ4n) is 2.55. The van der Waals surface area contributed by atoms with Crippen molar-refractivity contribution in [2.24, 2.45) is 0 Å². The predicted octanol–water partition coefficient (Wildman–Crippen LogP) is 6.57. The van der Waals surface area contributed by atoms with Crippen LogP contribution >= 0.6 is 46.1 Å². The Morgan fingerprint density at radius 3 is 2.52 bits per heavy atom. The molecular formula is C19H10Cl3N3OS. The number of nitrogens with zero attached hydrogens (tertiary/aromatic N) is 2. The Kier molecular flexibility index (Phi) is 5.02. The lowest BCUT2D eigenvalue weighted by Gasteiger charge is -2.10. The van der Waals surface area contributed by atoms with Crippen LogP contribution in [0.15, 0.2) is 54.7 Å². The van der Waals surface area contributed by atoms with Gasteiger partial charge in [0.2, 0.25) is 0 Å². The molecule has 0 bridgehead atoms. The molecule has 0 saturated carbocycles. The number of carbonyl (C=O) groups excluding carboxylic acids is 1. The molecule has 1 N–H and O–H groups in total. The van der Waals surface area contributed by atoms with E-state index in [4.69, 9.17) is 34.8 Å². The Morgan fingerprint density at radius 2 is 1.70 bits per heavy atom. The zero-order valence-electron chi connectivity index (χ0n) is 13.5. The summed E-state index contributed by atoms with van der Waals surface area (Å²) >= 11 is 19.6. The van der Waals surface area contributed by atoms with Crippen molar-refractivity contribution in [2.45, 2.75) is 0 Å². The number of carbonyl (C=O) groups is 1. The number of nitrogens with one attached hydrogen (secondary N) is 1. The number of hydrogen-bond acceptors (Lipinski definition) is 4. The second kappa shape index (κ2) is 7.44. The molecule has 2 aromatic heterocycles. The number of aromatic nitrogens is 2. The molecule has 0 aliphatic carbocycles. The van der Waals surface area contributed by atoms with Gasteiger partial charge in [0.05, 0.1) is 31.0 Å². The van der Waals surface area contributed by atoms with Gasteiger partial charge < -0.3 is 5.32 Å². The highest BCUT2D eigenvalue weighted by molar-refractivity contribution is 7.21. The van der Waals surface area contributed by atoms with E-state index in [1.165, 1.54) is 6.20 Å². The van der Waals surface area contributed by atoms with Crippen molar-refractivity contribution in [3.8, 4) is 10.6 Å². The van der Waals surface area contributed by atoms with Gasteiger partial charge in [-0.05, 0) is 24.3 Å². The van der Waals surface area contributed by atoms with Crippen LogP contribution in [0.4, 0.5) is 5.69 Å². The summed E-state index contributed by atoms with van der Waals surface area (Å²) in [6, 6.07) is 15.3. The zero-order valence-corrected chi connectivity index (χ0v) is 16.6. The lowest BCUT2D eigenvalue weighted by atomic mass is 10.2. The minimum Gasteiger partial charge on any atom is -0.320 e. The van der Waals surface area contributed by atoms with Crippen molar-refractivity contribution in [2.75, 3.05) is 5.32 Å². The molecule has 2 heterocycles. The molecular weight excluding hydrogens is 425 g/mol. The summed E-state index contributed by atoms with van der Waals surface area (Å²) in [5.74, 6) is -0.480. The average Bonchev–Trinajstić information content (AvgIpc) is 3.10. The molecule has 8 heteroatoms. The monoisotopic (exact) mass is 433 g/mol. The highest BCUT2D eigenvalue weighted by atomic mass is 35.5. The molecule has 0 fully saturated rings. The fourth-order valence-corrected chi connectivity index (χ4v) is 4.12. The molecule has 4 rings (SSSR count).